The van der Waals surface area contributed by atoms with Crippen LogP contribution in [0.4, 0.5) is 4.39 Å². The fourth-order valence-corrected chi connectivity index (χ4v) is 1.40. The summed E-state index contributed by atoms with van der Waals surface area (Å²) in [6.45, 7) is 4.48. The predicted octanol–water partition coefficient (Wildman–Crippen LogP) is 2.09. The van der Waals surface area contributed by atoms with E-state index in [1.54, 1.807) is 32.2 Å². The molecule has 0 radical (unpaired) electrons. The van der Waals surface area contributed by atoms with Crippen molar-refractivity contribution in [3.63, 3.8) is 0 Å². The molecule has 0 heterocycles. The van der Waals surface area contributed by atoms with Gasteiger partial charge >= 0.3 is 0 Å². The molecule has 0 unspecified atom stereocenters. The van der Waals surface area contributed by atoms with Crippen molar-refractivity contribution in [2.75, 3.05) is 40.5 Å². The van der Waals surface area contributed by atoms with Gasteiger partial charge in [-0.15, -0.1) is 0 Å². The maximum atomic E-state index is 13.6. The average Bonchev–Trinajstić information content (AvgIpc) is 2.32. The van der Waals surface area contributed by atoms with Crippen LogP contribution in [0, 0.1) is 12.7 Å². The largest absolute Gasteiger partial charge is 0.489 e. The normalized spacial score (nSPS) is 10.9. The number of hydrogen-bond donors (Lipinski definition) is 0. The van der Waals surface area contributed by atoms with Crippen LogP contribution < -0.4 is 4.74 Å². The summed E-state index contributed by atoms with van der Waals surface area (Å²) in [5, 5.41) is 0. The molecule has 0 saturated heterocycles. The van der Waals surface area contributed by atoms with Crippen molar-refractivity contribution in [1.82, 2.24) is 4.90 Å². The molecule has 0 aliphatic carbocycles. The first-order chi connectivity index (χ1) is 8.15. The third kappa shape index (κ3) is 4.71. The summed E-state index contributed by atoms with van der Waals surface area (Å²) in [5.41, 5.74) is 0.607. The number of ether oxygens (including phenoxy) is 2. The lowest BCUT2D eigenvalue weighted by Crippen LogP contribution is -2.27. The van der Waals surface area contributed by atoms with Crippen LogP contribution in [0.3, 0.4) is 0 Å². The van der Waals surface area contributed by atoms with E-state index in [0.717, 1.165) is 13.1 Å². The van der Waals surface area contributed by atoms with Gasteiger partial charge in [0.15, 0.2) is 11.6 Å². The highest BCUT2D eigenvalue weighted by Crippen LogP contribution is 2.19. The Morgan fingerprint density at radius 1 is 1.24 bits per heavy atom. The van der Waals surface area contributed by atoms with E-state index in [2.05, 4.69) is 4.90 Å². The fourth-order valence-electron chi connectivity index (χ4n) is 1.40. The standard InChI is InChI=1S/C13H20FNO2/c1-11-5-4-6-12(13(11)14)17-10-8-15(2)7-9-16-3/h4-6H,7-10H2,1-3H3. The maximum absolute atomic E-state index is 13.6. The molecule has 17 heavy (non-hydrogen) atoms. The fraction of sp³-hybridized carbons (Fsp3) is 0.538. The molecular formula is C13H20FNO2. The lowest BCUT2D eigenvalue weighted by Gasteiger charge is -2.16. The van der Waals surface area contributed by atoms with Crippen molar-refractivity contribution < 1.29 is 13.9 Å². The van der Waals surface area contributed by atoms with E-state index in [1.165, 1.54) is 0 Å². The quantitative estimate of drug-likeness (QED) is 0.729. The van der Waals surface area contributed by atoms with Crippen molar-refractivity contribution >= 4 is 0 Å². The minimum atomic E-state index is -0.271. The van der Waals surface area contributed by atoms with Gasteiger partial charge in [-0.2, -0.15) is 0 Å². The van der Waals surface area contributed by atoms with Crippen LogP contribution in [0.2, 0.25) is 0 Å². The Hall–Kier alpha value is -1.13. The van der Waals surface area contributed by atoms with E-state index in [1.807, 2.05) is 7.05 Å². The second kappa shape index (κ2) is 7.25. The van der Waals surface area contributed by atoms with Gasteiger partial charge in [-0.05, 0) is 25.6 Å². The highest BCUT2D eigenvalue weighted by atomic mass is 19.1. The minimum absolute atomic E-state index is 0.271. The molecule has 0 aliphatic rings. The molecule has 0 saturated carbocycles. The summed E-state index contributed by atoms with van der Waals surface area (Å²) < 4.78 is 24.0. The molecule has 3 nitrogen and oxygen atoms in total. The molecule has 0 atom stereocenters. The molecule has 0 bridgehead atoms. The highest BCUT2D eigenvalue weighted by Gasteiger charge is 2.05. The number of hydrogen-bond acceptors (Lipinski definition) is 3. The molecule has 1 aromatic carbocycles. The van der Waals surface area contributed by atoms with E-state index < -0.39 is 0 Å². The Morgan fingerprint density at radius 3 is 2.65 bits per heavy atom. The molecule has 1 rings (SSSR count). The van der Waals surface area contributed by atoms with Crippen molar-refractivity contribution in [3.05, 3.63) is 29.6 Å². The zero-order valence-electron chi connectivity index (χ0n) is 10.7. The third-order valence-corrected chi connectivity index (χ3v) is 2.56. The Bertz CT molecular complexity index is 344. The van der Waals surface area contributed by atoms with Gasteiger partial charge in [-0.3, -0.25) is 0 Å². The van der Waals surface area contributed by atoms with Gasteiger partial charge in [0.05, 0.1) is 6.61 Å². The maximum Gasteiger partial charge on any atom is 0.167 e. The van der Waals surface area contributed by atoms with Crippen LogP contribution in [0.15, 0.2) is 18.2 Å². The van der Waals surface area contributed by atoms with Crippen LogP contribution in [0.25, 0.3) is 0 Å². The van der Waals surface area contributed by atoms with E-state index in [9.17, 15) is 4.39 Å². The van der Waals surface area contributed by atoms with Gasteiger partial charge in [-0.25, -0.2) is 4.39 Å². The summed E-state index contributed by atoms with van der Waals surface area (Å²) in [6.07, 6.45) is 0. The smallest absolute Gasteiger partial charge is 0.167 e. The number of rotatable bonds is 7. The van der Waals surface area contributed by atoms with Crippen molar-refractivity contribution in [2.45, 2.75) is 6.92 Å². The predicted molar refractivity (Wildman–Crippen MR) is 66.0 cm³/mol. The second-order valence-electron chi connectivity index (χ2n) is 4.03. The first-order valence-electron chi connectivity index (χ1n) is 5.70. The highest BCUT2D eigenvalue weighted by molar-refractivity contribution is 5.29. The number of nitrogens with zero attached hydrogens (tertiary/aromatic N) is 1. The number of aryl methyl sites for hydroxylation is 1. The summed E-state index contributed by atoms with van der Waals surface area (Å²) >= 11 is 0. The summed E-state index contributed by atoms with van der Waals surface area (Å²) in [6, 6.07) is 5.17. The van der Waals surface area contributed by atoms with Crippen molar-refractivity contribution in [3.8, 4) is 5.75 Å². The zero-order valence-corrected chi connectivity index (χ0v) is 10.7. The van der Waals surface area contributed by atoms with Crippen LogP contribution in [0.5, 0.6) is 5.75 Å². The Morgan fingerprint density at radius 2 is 1.94 bits per heavy atom. The van der Waals surface area contributed by atoms with Crippen LogP contribution in [-0.2, 0) is 4.74 Å². The Balaban J connectivity index is 2.33. The summed E-state index contributed by atoms with van der Waals surface area (Å²) in [7, 11) is 3.65. The monoisotopic (exact) mass is 241 g/mol. The van der Waals surface area contributed by atoms with Gasteiger partial charge in [0.2, 0.25) is 0 Å². The summed E-state index contributed by atoms with van der Waals surface area (Å²) in [5.74, 6) is 0.0530. The van der Waals surface area contributed by atoms with Crippen LogP contribution >= 0.6 is 0 Å². The SMILES string of the molecule is COCCN(C)CCOc1cccc(C)c1F. The molecule has 0 aromatic heterocycles. The number of halogens is 1. The third-order valence-electron chi connectivity index (χ3n) is 2.56. The van der Waals surface area contributed by atoms with E-state index >= 15 is 0 Å². The zero-order chi connectivity index (χ0) is 12.7. The Labute approximate surface area is 102 Å². The van der Waals surface area contributed by atoms with Crippen LogP contribution in [-0.4, -0.2) is 45.4 Å². The van der Waals surface area contributed by atoms with Gasteiger partial charge in [0, 0.05) is 20.2 Å². The molecule has 4 heteroatoms. The van der Waals surface area contributed by atoms with E-state index in [0.29, 0.717) is 24.5 Å². The van der Waals surface area contributed by atoms with Crippen molar-refractivity contribution in [1.29, 1.82) is 0 Å². The van der Waals surface area contributed by atoms with Crippen LogP contribution in [0.1, 0.15) is 5.56 Å². The van der Waals surface area contributed by atoms with Gasteiger partial charge in [0.1, 0.15) is 6.61 Å². The minimum Gasteiger partial charge on any atom is -0.489 e. The van der Waals surface area contributed by atoms with E-state index in [4.69, 9.17) is 9.47 Å². The average molecular weight is 241 g/mol. The molecular weight excluding hydrogens is 221 g/mol. The molecule has 0 aliphatic heterocycles. The summed E-state index contributed by atoms with van der Waals surface area (Å²) in [4.78, 5) is 2.08. The molecule has 0 amide bonds. The first kappa shape index (κ1) is 13.9. The number of benzene rings is 1. The molecule has 96 valence electrons. The van der Waals surface area contributed by atoms with Gasteiger partial charge in [-0.1, -0.05) is 12.1 Å². The number of methoxy groups -OCH3 is 1. The molecule has 0 fully saturated rings. The first-order valence-corrected chi connectivity index (χ1v) is 5.70. The second-order valence-corrected chi connectivity index (χ2v) is 4.03. The van der Waals surface area contributed by atoms with E-state index in [-0.39, 0.29) is 5.82 Å². The Kier molecular flexibility index (Phi) is 5.94. The topological polar surface area (TPSA) is 21.7 Å². The lowest BCUT2D eigenvalue weighted by molar-refractivity contribution is 0.149. The van der Waals surface area contributed by atoms with Gasteiger partial charge < -0.3 is 14.4 Å². The molecule has 0 spiro atoms. The number of likely N-dealkylation sites (N-methyl/N-ethyl adjacent to an activating group) is 1. The molecule has 0 N–H and O–H groups in total. The van der Waals surface area contributed by atoms with Gasteiger partial charge in [0.25, 0.3) is 0 Å². The lowest BCUT2D eigenvalue weighted by atomic mass is 10.2. The van der Waals surface area contributed by atoms with Crippen molar-refractivity contribution in [2.24, 2.45) is 0 Å². The molecule has 1 aromatic rings.